The molecule has 138 valence electrons. The molecule has 2 amide bonds. The summed E-state index contributed by atoms with van der Waals surface area (Å²) in [6, 6.07) is 13.2. The van der Waals surface area contributed by atoms with Crippen molar-refractivity contribution in [1.82, 2.24) is 4.90 Å². The number of ether oxygens (including phenoxy) is 1. The van der Waals surface area contributed by atoms with E-state index < -0.39 is 0 Å². The van der Waals surface area contributed by atoms with Gasteiger partial charge in [-0.1, -0.05) is 17.7 Å². The number of halogens is 1. The molecule has 0 bridgehead atoms. The number of nitrogens with one attached hydrogen (secondary N) is 1. The third-order valence-corrected chi connectivity index (χ3v) is 3.76. The maximum absolute atomic E-state index is 12.8. The van der Waals surface area contributed by atoms with Gasteiger partial charge >= 0.3 is 0 Å². The van der Waals surface area contributed by atoms with Crippen LogP contribution in [-0.4, -0.2) is 36.9 Å². The monoisotopic (exact) mass is 358 g/mol. The number of amides is 2. The number of hydrogen-bond donors (Lipinski definition) is 1. The summed E-state index contributed by atoms with van der Waals surface area (Å²) in [6.45, 7) is 2.38. The van der Waals surface area contributed by atoms with E-state index in [2.05, 4.69) is 5.32 Å². The Morgan fingerprint density at radius 1 is 1.08 bits per heavy atom. The van der Waals surface area contributed by atoms with Crippen LogP contribution in [0, 0.1) is 12.7 Å². The highest BCUT2D eigenvalue weighted by molar-refractivity contribution is 5.94. The number of anilines is 1. The van der Waals surface area contributed by atoms with Crippen LogP contribution in [0.4, 0.5) is 10.1 Å². The van der Waals surface area contributed by atoms with E-state index in [0.717, 1.165) is 11.3 Å². The number of carbonyl (C=O) groups is 2. The number of aryl methyl sites for hydroxylation is 1. The maximum Gasteiger partial charge on any atom is 0.243 e. The first kappa shape index (κ1) is 19.4. The Labute approximate surface area is 152 Å². The van der Waals surface area contributed by atoms with Crippen molar-refractivity contribution in [2.45, 2.75) is 19.8 Å². The Morgan fingerprint density at radius 2 is 1.73 bits per heavy atom. The van der Waals surface area contributed by atoms with Crippen LogP contribution >= 0.6 is 0 Å². The average molecular weight is 358 g/mol. The molecule has 1 N–H and O–H groups in total. The van der Waals surface area contributed by atoms with Crippen molar-refractivity contribution < 1.29 is 18.7 Å². The van der Waals surface area contributed by atoms with Crippen molar-refractivity contribution in [1.29, 1.82) is 0 Å². The summed E-state index contributed by atoms with van der Waals surface area (Å²) in [4.78, 5) is 25.4. The number of hydrogen-bond acceptors (Lipinski definition) is 3. The lowest BCUT2D eigenvalue weighted by Gasteiger charge is -2.17. The Morgan fingerprint density at radius 3 is 2.38 bits per heavy atom. The van der Waals surface area contributed by atoms with E-state index in [-0.39, 0.29) is 24.2 Å². The van der Waals surface area contributed by atoms with Gasteiger partial charge in [0.25, 0.3) is 0 Å². The molecule has 0 aromatic heterocycles. The second-order valence-electron chi connectivity index (χ2n) is 6.07. The predicted molar refractivity (Wildman–Crippen MR) is 98.6 cm³/mol. The van der Waals surface area contributed by atoms with Crippen molar-refractivity contribution in [3.63, 3.8) is 0 Å². The van der Waals surface area contributed by atoms with Crippen LogP contribution in [0.15, 0.2) is 48.5 Å². The molecule has 0 aliphatic carbocycles. The van der Waals surface area contributed by atoms with E-state index >= 15 is 0 Å². The molecular weight excluding hydrogens is 335 g/mol. The summed E-state index contributed by atoms with van der Waals surface area (Å²) in [7, 11) is 1.58. The summed E-state index contributed by atoms with van der Waals surface area (Å²) in [6.07, 6.45) is 0.864. The van der Waals surface area contributed by atoms with Crippen LogP contribution in [0.5, 0.6) is 5.75 Å². The lowest BCUT2D eigenvalue weighted by molar-refractivity contribution is -0.133. The first-order valence-corrected chi connectivity index (χ1v) is 8.43. The molecule has 0 saturated carbocycles. The first-order chi connectivity index (χ1) is 12.4. The molecule has 26 heavy (non-hydrogen) atoms. The zero-order valence-corrected chi connectivity index (χ0v) is 15.0. The summed E-state index contributed by atoms with van der Waals surface area (Å²) < 4.78 is 18.4. The fraction of sp³-hybridized carbons (Fsp3) is 0.300. The topological polar surface area (TPSA) is 58.6 Å². The Balaban J connectivity index is 1.67. The fourth-order valence-electron chi connectivity index (χ4n) is 2.28. The highest BCUT2D eigenvalue weighted by Crippen LogP contribution is 2.12. The second kappa shape index (κ2) is 9.56. The van der Waals surface area contributed by atoms with Gasteiger partial charge in [-0.2, -0.15) is 0 Å². The summed E-state index contributed by atoms with van der Waals surface area (Å²) in [5.41, 5.74) is 1.65. The molecule has 2 aromatic rings. The molecule has 0 saturated heterocycles. The maximum atomic E-state index is 12.8. The molecular formula is C20H23FN2O3. The van der Waals surface area contributed by atoms with Gasteiger partial charge in [0.15, 0.2) is 0 Å². The molecule has 0 heterocycles. The summed E-state index contributed by atoms with van der Waals surface area (Å²) in [5, 5.41) is 2.62. The number of benzene rings is 2. The van der Waals surface area contributed by atoms with Crippen LogP contribution in [-0.2, 0) is 9.59 Å². The Kier molecular flexibility index (Phi) is 7.14. The first-order valence-electron chi connectivity index (χ1n) is 8.43. The van der Waals surface area contributed by atoms with Crippen LogP contribution in [0.25, 0.3) is 0 Å². The van der Waals surface area contributed by atoms with Crippen molar-refractivity contribution >= 4 is 17.5 Å². The fourth-order valence-corrected chi connectivity index (χ4v) is 2.28. The summed E-state index contributed by atoms with van der Waals surface area (Å²) in [5.74, 6) is -0.0617. The number of carbonyl (C=O) groups excluding carboxylic acids is 2. The highest BCUT2D eigenvalue weighted by Gasteiger charge is 2.13. The van der Waals surface area contributed by atoms with Crippen LogP contribution in [0.1, 0.15) is 18.4 Å². The minimum absolute atomic E-state index is 0.0605. The van der Waals surface area contributed by atoms with Gasteiger partial charge in [-0.25, -0.2) is 4.39 Å². The molecule has 0 atom stereocenters. The molecule has 6 heteroatoms. The SMILES string of the molecule is Cc1ccc(OCCCC(=O)N(C)CC(=O)Nc2ccc(F)cc2)cc1. The highest BCUT2D eigenvalue weighted by atomic mass is 19.1. The van der Waals surface area contributed by atoms with E-state index in [0.29, 0.717) is 25.1 Å². The quantitative estimate of drug-likeness (QED) is 0.736. The minimum Gasteiger partial charge on any atom is -0.494 e. The lowest BCUT2D eigenvalue weighted by Crippen LogP contribution is -2.34. The minimum atomic E-state index is -0.372. The van der Waals surface area contributed by atoms with Gasteiger partial charge in [0.05, 0.1) is 13.2 Å². The molecule has 0 unspecified atom stereocenters. The Hall–Kier alpha value is -2.89. The largest absolute Gasteiger partial charge is 0.494 e. The zero-order valence-electron chi connectivity index (χ0n) is 15.0. The van der Waals surface area contributed by atoms with E-state index in [1.165, 1.54) is 29.2 Å². The number of rotatable bonds is 8. The number of nitrogens with zero attached hydrogens (tertiary/aromatic N) is 1. The van der Waals surface area contributed by atoms with Gasteiger partial charge in [0.2, 0.25) is 11.8 Å². The third kappa shape index (κ3) is 6.55. The number of likely N-dealkylation sites (N-methyl/N-ethyl adjacent to an activating group) is 1. The van der Waals surface area contributed by atoms with Crippen molar-refractivity contribution in [3.8, 4) is 5.75 Å². The second-order valence-corrected chi connectivity index (χ2v) is 6.07. The molecule has 2 aromatic carbocycles. The third-order valence-electron chi connectivity index (χ3n) is 3.76. The van der Waals surface area contributed by atoms with Crippen LogP contribution in [0.3, 0.4) is 0 Å². The van der Waals surface area contributed by atoms with Crippen LogP contribution in [0.2, 0.25) is 0 Å². The normalized spacial score (nSPS) is 10.3. The van der Waals surface area contributed by atoms with E-state index in [4.69, 9.17) is 4.74 Å². The van der Waals surface area contributed by atoms with Gasteiger partial charge in [-0.3, -0.25) is 9.59 Å². The van der Waals surface area contributed by atoms with Crippen molar-refractivity contribution in [2.24, 2.45) is 0 Å². The molecule has 0 radical (unpaired) electrons. The molecule has 0 aliphatic rings. The summed E-state index contributed by atoms with van der Waals surface area (Å²) >= 11 is 0. The van der Waals surface area contributed by atoms with E-state index in [9.17, 15) is 14.0 Å². The van der Waals surface area contributed by atoms with Crippen LogP contribution < -0.4 is 10.1 Å². The van der Waals surface area contributed by atoms with Gasteiger partial charge in [0, 0.05) is 19.2 Å². The van der Waals surface area contributed by atoms with Gasteiger partial charge < -0.3 is 15.0 Å². The smallest absolute Gasteiger partial charge is 0.243 e. The van der Waals surface area contributed by atoms with Crippen molar-refractivity contribution in [2.75, 3.05) is 25.5 Å². The zero-order chi connectivity index (χ0) is 18.9. The van der Waals surface area contributed by atoms with Gasteiger partial charge in [-0.15, -0.1) is 0 Å². The molecule has 5 nitrogen and oxygen atoms in total. The predicted octanol–water partition coefficient (Wildman–Crippen LogP) is 3.39. The molecule has 0 aliphatic heterocycles. The molecule has 0 fully saturated rings. The van der Waals surface area contributed by atoms with Crippen molar-refractivity contribution in [3.05, 3.63) is 59.9 Å². The Bertz CT molecular complexity index is 730. The standard InChI is InChI=1S/C20H23FN2O3/c1-15-5-11-18(12-6-15)26-13-3-4-20(25)23(2)14-19(24)22-17-9-7-16(21)8-10-17/h5-12H,3-4,13-14H2,1-2H3,(H,22,24). The average Bonchev–Trinajstić information content (AvgIpc) is 2.62. The van der Waals surface area contributed by atoms with Gasteiger partial charge in [-0.05, 0) is 49.7 Å². The molecule has 2 rings (SSSR count). The van der Waals surface area contributed by atoms with E-state index in [1.54, 1.807) is 7.05 Å². The lowest BCUT2D eigenvalue weighted by atomic mass is 10.2. The van der Waals surface area contributed by atoms with E-state index in [1.807, 2.05) is 31.2 Å². The van der Waals surface area contributed by atoms with Gasteiger partial charge in [0.1, 0.15) is 11.6 Å². The molecule has 0 spiro atoms.